The van der Waals surface area contributed by atoms with Crippen LogP contribution in [0.2, 0.25) is 0 Å². The van der Waals surface area contributed by atoms with Crippen molar-refractivity contribution in [2.45, 2.75) is 26.7 Å². The topological polar surface area (TPSA) is 64.6 Å². The lowest BCUT2D eigenvalue weighted by Gasteiger charge is -2.20. The Kier molecular flexibility index (Phi) is 4.59. The minimum atomic E-state index is 0.0394. The normalized spacial score (nSPS) is 17.1. The smallest absolute Gasteiger partial charge is 0.324 e. The van der Waals surface area contributed by atoms with Gasteiger partial charge < -0.3 is 15.1 Å². The van der Waals surface area contributed by atoms with Crippen molar-refractivity contribution in [2.75, 3.05) is 48.3 Å². The van der Waals surface area contributed by atoms with Gasteiger partial charge in [-0.3, -0.25) is 4.90 Å². The molecule has 2 saturated heterocycles. The zero-order valence-electron chi connectivity index (χ0n) is 16.2. The molecule has 0 radical (unpaired) electrons. The molecule has 0 aliphatic carbocycles. The van der Waals surface area contributed by atoms with E-state index in [1.165, 1.54) is 12.8 Å². The number of urea groups is 1. The van der Waals surface area contributed by atoms with E-state index in [1.807, 2.05) is 45.2 Å². The van der Waals surface area contributed by atoms with E-state index in [4.69, 9.17) is 4.98 Å². The number of aromatic nitrogens is 2. The molecule has 0 spiro atoms. The molecular weight excluding hydrogens is 340 g/mol. The Hall–Kier alpha value is -2.83. The van der Waals surface area contributed by atoms with E-state index in [2.05, 4.69) is 15.2 Å². The maximum Gasteiger partial charge on any atom is 0.324 e. The van der Waals surface area contributed by atoms with Crippen LogP contribution in [-0.2, 0) is 0 Å². The summed E-state index contributed by atoms with van der Waals surface area (Å²) in [5.41, 5.74) is 3.85. The molecule has 7 nitrogen and oxygen atoms in total. The monoisotopic (exact) mass is 366 g/mol. The summed E-state index contributed by atoms with van der Waals surface area (Å²) in [7, 11) is 1.83. The van der Waals surface area contributed by atoms with Gasteiger partial charge in [0.05, 0.1) is 0 Å². The Morgan fingerprint density at radius 2 is 1.81 bits per heavy atom. The molecule has 2 aromatic rings. The van der Waals surface area contributed by atoms with Crippen LogP contribution in [0.5, 0.6) is 0 Å². The number of aryl methyl sites for hydroxylation is 1. The standard InChI is InChI=1S/C20H26N6O/c1-14-15(2)21-19(25-9-4-5-10-25)23-18(14)22-16-7-6-8-17(13-16)26-12-11-24(3)20(26)27/h6-8,13H,4-5,9-12H2,1-3H3,(H,21,22,23). The number of carbonyl (C=O) groups is 1. The molecule has 142 valence electrons. The number of hydrogen-bond donors (Lipinski definition) is 1. The molecule has 1 N–H and O–H groups in total. The number of anilines is 4. The second-order valence-electron chi connectivity index (χ2n) is 7.31. The van der Waals surface area contributed by atoms with Crippen molar-refractivity contribution < 1.29 is 4.79 Å². The van der Waals surface area contributed by atoms with Crippen molar-refractivity contribution >= 4 is 29.2 Å². The van der Waals surface area contributed by atoms with Gasteiger partial charge in [0.2, 0.25) is 5.95 Å². The number of likely N-dealkylation sites (N-methyl/N-ethyl adjacent to an activating group) is 1. The first-order valence-electron chi connectivity index (χ1n) is 9.53. The summed E-state index contributed by atoms with van der Waals surface area (Å²) in [6.07, 6.45) is 2.39. The molecule has 2 aliphatic heterocycles. The average molecular weight is 366 g/mol. The van der Waals surface area contributed by atoms with Gasteiger partial charge in [0.15, 0.2) is 0 Å². The van der Waals surface area contributed by atoms with Crippen molar-refractivity contribution in [3.05, 3.63) is 35.5 Å². The molecule has 0 atom stereocenters. The number of rotatable bonds is 4. The molecule has 2 amide bonds. The van der Waals surface area contributed by atoms with Gasteiger partial charge in [-0.15, -0.1) is 0 Å². The van der Waals surface area contributed by atoms with Crippen molar-refractivity contribution in [1.82, 2.24) is 14.9 Å². The third kappa shape index (κ3) is 3.41. The Bertz CT molecular complexity index is 862. The number of benzene rings is 1. The number of hydrogen-bond acceptors (Lipinski definition) is 5. The maximum atomic E-state index is 12.3. The van der Waals surface area contributed by atoms with Gasteiger partial charge in [0.1, 0.15) is 5.82 Å². The van der Waals surface area contributed by atoms with Gasteiger partial charge >= 0.3 is 6.03 Å². The van der Waals surface area contributed by atoms with Gasteiger partial charge in [0, 0.05) is 55.9 Å². The SMILES string of the molecule is Cc1nc(N2CCCC2)nc(Nc2cccc(N3CCN(C)C3=O)c2)c1C. The quantitative estimate of drug-likeness (QED) is 0.899. The number of carbonyl (C=O) groups excluding carboxylic acids is 1. The summed E-state index contributed by atoms with van der Waals surface area (Å²) in [6.45, 7) is 7.55. The van der Waals surface area contributed by atoms with Crippen molar-refractivity contribution in [3.63, 3.8) is 0 Å². The second kappa shape index (κ2) is 7.06. The van der Waals surface area contributed by atoms with Gasteiger partial charge in [-0.2, -0.15) is 4.98 Å². The minimum Gasteiger partial charge on any atom is -0.341 e. The van der Waals surface area contributed by atoms with E-state index in [0.717, 1.165) is 54.0 Å². The maximum absolute atomic E-state index is 12.3. The summed E-state index contributed by atoms with van der Waals surface area (Å²) in [6, 6.07) is 7.98. The van der Waals surface area contributed by atoms with Gasteiger partial charge in [-0.05, 0) is 44.9 Å². The average Bonchev–Trinajstić information content (AvgIpc) is 3.30. The second-order valence-corrected chi connectivity index (χ2v) is 7.31. The molecule has 2 aliphatic rings. The van der Waals surface area contributed by atoms with E-state index in [9.17, 15) is 4.79 Å². The first-order chi connectivity index (χ1) is 13.0. The van der Waals surface area contributed by atoms with E-state index >= 15 is 0 Å². The van der Waals surface area contributed by atoms with Crippen LogP contribution in [0.25, 0.3) is 0 Å². The molecule has 2 fully saturated rings. The Morgan fingerprint density at radius 1 is 1.04 bits per heavy atom. The van der Waals surface area contributed by atoms with Crippen LogP contribution in [0.15, 0.2) is 24.3 Å². The van der Waals surface area contributed by atoms with E-state index in [1.54, 1.807) is 9.80 Å². The molecule has 4 rings (SSSR count). The Labute approximate surface area is 160 Å². The van der Waals surface area contributed by atoms with Crippen LogP contribution < -0.4 is 15.1 Å². The van der Waals surface area contributed by atoms with E-state index in [-0.39, 0.29) is 6.03 Å². The number of amides is 2. The minimum absolute atomic E-state index is 0.0394. The zero-order chi connectivity index (χ0) is 19.0. The lowest BCUT2D eigenvalue weighted by atomic mass is 10.2. The first-order valence-corrected chi connectivity index (χ1v) is 9.53. The predicted molar refractivity (Wildman–Crippen MR) is 108 cm³/mol. The zero-order valence-corrected chi connectivity index (χ0v) is 16.2. The fraction of sp³-hybridized carbons (Fsp3) is 0.450. The van der Waals surface area contributed by atoms with Crippen LogP contribution in [0.1, 0.15) is 24.1 Å². The Morgan fingerprint density at radius 3 is 2.52 bits per heavy atom. The highest BCUT2D eigenvalue weighted by Gasteiger charge is 2.26. The van der Waals surface area contributed by atoms with Gasteiger partial charge in [-0.25, -0.2) is 9.78 Å². The molecule has 7 heteroatoms. The van der Waals surface area contributed by atoms with E-state index < -0.39 is 0 Å². The van der Waals surface area contributed by atoms with Crippen LogP contribution in [-0.4, -0.2) is 54.1 Å². The summed E-state index contributed by atoms with van der Waals surface area (Å²) < 4.78 is 0. The third-order valence-electron chi connectivity index (χ3n) is 5.40. The van der Waals surface area contributed by atoms with Gasteiger partial charge in [-0.1, -0.05) is 6.07 Å². The lowest BCUT2D eigenvalue weighted by molar-refractivity contribution is 0.229. The van der Waals surface area contributed by atoms with Crippen LogP contribution in [0.3, 0.4) is 0 Å². The number of nitrogens with one attached hydrogen (secondary N) is 1. The van der Waals surface area contributed by atoms with Crippen molar-refractivity contribution in [3.8, 4) is 0 Å². The summed E-state index contributed by atoms with van der Waals surface area (Å²) in [5, 5.41) is 3.44. The predicted octanol–water partition coefficient (Wildman–Crippen LogP) is 3.31. The largest absolute Gasteiger partial charge is 0.341 e. The van der Waals surface area contributed by atoms with Gasteiger partial charge in [0.25, 0.3) is 0 Å². The van der Waals surface area contributed by atoms with Crippen LogP contribution in [0, 0.1) is 13.8 Å². The fourth-order valence-electron chi connectivity index (χ4n) is 3.57. The molecular formula is C20H26N6O. The van der Waals surface area contributed by atoms with E-state index in [0.29, 0.717) is 6.54 Å². The summed E-state index contributed by atoms with van der Waals surface area (Å²) in [5.74, 6) is 1.62. The first kappa shape index (κ1) is 17.6. The lowest BCUT2D eigenvalue weighted by Crippen LogP contribution is -2.29. The molecule has 0 unspecified atom stereocenters. The third-order valence-corrected chi connectivity index (χ3v) is 5.40. The number of nitrogens with zero attached hydrogens (tertiary/aromatic N) is 5. The molecule has 3 heterocycles. The van der Waals surface area contributed by atoms with Crippen LogP contribution >= 0.6 is 0 Å². The molecule has 0 saturated carbocycles. The molecule has 0 bridgehead atoms. The molecule has 27 heavy (non-hydrogen) atoms. The fourth-order valence-corrected chi connectivity index (χ4v) is 3.57. The highest BCUT2D eigenvalue weighted by Crippen LogP contribution is 2.28. The highest BCUT2D eigenvalue weighted by atomic mass is 16.2. The summed E-state index contributed by atoms with van der Waals surface area (Å²) in [4.78, 5) is 27.5. The molecule has 1 aromatic carbocycles. The van der Waals surface area contributed by atoms with Crippen molar-refractivity contribution in [2.24, 2.45) is 0 Å². The molecule has 1 aromatic heterocycles. The van der Waals surface area contributed by atoms with Crippen LogP contribution in [0.4, 0.5) is 27.9 Å². The van der Waals surface area contributed by atoms with Crippen molar-refractivity contribution in [1.29, 1.82) is 0 Å². The Balaban J connectivity index is 1.60. The highest BCUT2D eigenvalue weighted by molar-refractivity contribution is 5.94. The summed E-state index contributed by atoms with van der Waals surface area (Å²) >= 11 is 0.